The van der Waals surface area contributed by atoms with Crippen LogP contribution in [0.25, 0.3) is 0 Å². The van der Waals surface area contributed by atoms with Crippen LogP contribution in [0.15, 0.2) is 48.5 Å². The second kappa shape index (κ2) is 8.83. The fourth-order valence-corrected chi connectivity index (χ4v) is 2.12. The van der Waals surface area contributed by atoms with Crippen LogP contribution in [0.4, 0.5) is 0 Å². The fraction of sp³-hybridized carbons (Fsp3) is 0.316. The minimum atomic E-state index is -0.155. The van der Waals surface area contributed by atoms with Crippen LogP contribution in [-0.2, 0) is 11.2 Å². The zero-order valence-corrected chi connectivity index (χ0v) is 13.7. The van der Waals surface area contributed by atoms with Crippen LogP contribution in [0, 0.1) is 6.92 Å². The Hall–Kier alpha value is -2.49. The number of benzene rings is 2. The molecule has 1 amide bonds. The number of amides is 1. The van der Waals surface area contributed by atoms with E-state index in [4.69, 9.17) is 9.47 Å². The Kier molecular flexibility index (Phi) is 6.48. The lowest BCUT2D eigenvalue weighted by atomic mass is 10.1. The summed E-state index contributed by atoms with van der Waals surface area (Å²) in [5.74, 6) is 1.41. The Morgan fingerprint density at radius 3 is 2.52 bits per heavy atom. The summed E-state index contributed by atoms with van der Waals surface area (Å²) in [4.78, 5) is 11.7. The zero-order chi connectivity index (χ0) is 16.5. The van der Waals surface area contributed by atoms with Crippen LogP contribution >= 0.6 is 0 Å². The summed E-state index contributed by atoms with van der Waals surface area (Å²) in [6, 6.07) is 15.5. The lowest BCUT2D eigenvalue weighted by molar-refractivity contribution is -0.123. The van der Waals surface area contributed by atoms with Gasteiger partial charge in [0, 0.05) is 0 Å². The Morgan fingerprint density at radius 2 is 1.78 bits per heavy atom. The number of aryl methyl sites for hydroxylation is 2. The fourth-order valence-electron chi connectivity index (χ4n) is 2.12. The number of carbonyl (C=O) groups is 1. The highest BCUT2D eigenvalue weighted by atomic mass is 16.5. The highest BCUT2D eigenvalue weighted by Crippen LogP contribution is 2.17. The van der Waals surface area contributed by atoms with Crippen molar-refractivity contribution >= 4 is 5.91 Å². The molecule has 4 nitrogen and oxygen atoms in total. The number of ether oxygens (including phenoxy) is 2. The molecule has 2 aromatic rings. The van der Waals surface area contributed by atoms with Gasteiger partial charge < -0.3 is 14.8 Å². The number of rotatable bonds is 8. The minimum absolute atomic E-state index is 0.00854. The molecule has 0 unspecified atom stereocenters. The van der Waals surface area contributed by atoms with Crippen molar-refractivity contribution in [2.45, 2.75) is 20.3 Å². The maximum Gasteiger partial charge on any atom is 0.258 e. The first-order valence-corrected chi connectivity index (χ1v) is 7.86. The van der Waals surface area contributed by atoms with Crippen molar-refractivity contribution in [3.05, 3.63) is 59.7 Å². The molecule has 23 heavy (non-hydrogen) atoms. The summed E-state index contributed by atoms with van der Waals surface area (Å²) in [6.45, 7) is 5.00. The van der Waals surface area contributed by atoms with Crippen molar-refractivity contribution in [1.82, 2.24) is 5.32 Å². The zero-order valence-electron chi connectivity index (χ0n) is 13.7. The van der Waals surface area contributed by atoms with Gasteiger partial charge in [0.15, 0.2) is 6.61 Å². The maximum absolute atomic E-state index is 11.7. The average Bonchev–Trinajstić information content (AvgIpc) is 2.58. The van der Waals surface area contributed by atoms with E-state index in [0.29, 0.717) is 18.9 Å². The van der Waals surface area contributed by atoms with Crippen molar-refractivity contribution < 1.29 is 14.3 Å². The third-order valence-electron chi connectivity index (χ3n) is 3.43. The molecule has 0 aromatic heterocycles. The SMILES string of the molecule is CCc1ccccc1OCCNC(=O)COc1ccc(C)cc1. The summed E-state index contributed by atoms with van der Waals surface area (Å²) in [5.41, 5.74) is 2.33. The van der Waals surface area contributed by atoms with Gasteiger partial charge in [0.25, 0.3) is 5.91 Å². The monoisotopic (exact) mass is 313 g/mol. The summed E-state index contributed by atoms with van der Waals surface area (Å²) >= 11 is 0. The third-order valence-corrected chi connectivity index (χ3v) is 3.43. The molecular formula is C19H23NO3. The number of hydrogen-bond donors (Lipinski definition) is 1. The molecule has 1 N–H and O–H groups in total. The van der Waals surface area contributed by atoms with E-state index in [1.165, 1.54) is 5.56 Å². The standard InChI is InChI=1S/C19H23NO3/c1-3-16-6-4-5-7-18(16)22-13-12-20-19(21)14-23-17-10-8-15(2)9-11-17/h4-11H,3,12-14H2,1-2H3,(H,20,21). The number of carbonyl (C=O) groups excluding carboxylic acids is 1. The van der Waals surface area contributed by atoms with E-state index in [1.807, 2.05) is 55.5 Å². The molecule has 2 aromatic carbocycles. The molecule has 0 fully saturated rings. The van der Waals surface area contributed by atoms with Gasteiger partial charge in [0.1, 0.15) is 18.1 Å². The van der Waals surface area contributed by atoms with Gasteiger partial charge >= 0.3 is 0 Å². The van der Waals surface area contributed by atoms with E-state index in [9.17, 15) is 4.79 Å². The smallest absolute Gasteiger partial charge is 0.258 e. The van der Waals surface area contributed by atoms with Crippen molar-refractivity contribution in [3.8, 4) is 11.5 Å². The van der Waals surface area contributed by atoms with Crippen LogP contribution in [0.5, 0.6) is 11.5 Å². The molecule has 2 rings (SSSR count). The molecular weight excluding hydrogens is 290 g/mol. The molecule has 122 valence electrons. The summed E-state index contributed by atoms with van der Waals surface area (Å²) in [5, 5.41) is 2.78. The maximum atomic E-state index is 11.7. The van der Waals surface area contributed by atoms with Crippen LogP contribution < -0.4 is 14.8 Å². The summed E-state index contributed by atoms with van der Waals surface area (Å²) < 4.78 is 11.1. The van der Waals surface area contributed by atoms with Crippen molar-refractivity contribution in [2.75, 3.05) is 19.8 Å². The van der Waals surface area contributed by atoms with Gasteiger partial charge in [-0.2, -0.15) is 0 Å². The second-order valence-electron chi connectivity index (χ2n) is 5.26. The quantitative estimate of drug-likeness (QED) is 0.762. The van der Waals surface area contributed by atoms with Gasteiger partial charge in [0.05, 0.1) is 6.54 Å². The first-order valence-electron chi connectivity index (χ1n) is 7.86. The van der Waals surface area contributed by atoms with Gasteiger partial charge in [-0.05, 0) is 37.1 Å². The van der Waals surface area contributed by atoms with Gasteiger partial charge in [-0.15, -0.1) is 0 Å². The van der Waals surface area contributed by atoms with Crippen molar-refractivity contribution in [3.63, 3.8) is 0 Å². The molecule has 0 radical (unpaired) electrons. The Bertz CT molecular complexity index is 623. The van der Waals surface area contributed by atoms with Crippen molar-refractivity contribution in [2.24, 2.45) is 0 Å². The van der Waals surface area contributed by atoms with Crippen molar-refractivity contribution in [1.29, 1.82) is 0 Å². The van der Waals surface area contributed by atoms with E-state index in [0.717, 1.165) is 17.7 Å². The van der Waals surface area contributed by atoms with Gasteiger partial charge in [-0.1, -0.05) is 42.8 Å². The minimum Gasteiger partial charge on any atom is -0.491 e. The van der Waals surface area contributed by atoms with Crippen LogP contribution in [0.1, 0.15) is 18.1 Å². The lowest BCUT2D eigenvalue weighted by Crippen LogP contribution is -2.32. The van der Waals surface area contributed by atoms with Gasteiger partial charge in [0.2, 0.25) is 0 Å². The number of nitrogens with one attached hydrogen (secondary N) is 1. The molecule has 0 aliphatic heterocycles. The molecule has 0 atom stereocenters. The highest BCUT2D eigenvalue weighted by molar-refractivity contribution is 5.77. The average molecular weight is 313 g/mol. The van der Waals surface area contributed by atoms with Gasteiger partial charge in [-0.3, -0.25) is 4.79 Å². The molecule has 4 heteroatoms. The highest BCUT2D eigenvalue weighted by Gasteiger charge is 2.04. The summed E-state index contributed by atoms with van der Waals surface area (Å²) in [7, 11) is 0. The Labute approximate surface area is 137 Å². The van der Waals surface area contributed by atoms with E-state index in [1.54, 1.807) is 0 Å². The largest absolute Gasteiger partial charge is 0.491 e. The normalized spacial score (nSPS) is 10.2. The van der Waals surface area contributed by atoms with Crippen LogP contribution in [0.3, 0.4) is 0 Å². The topological polar surface area (TPSA) is 47.6 Å². The first-order chi connectivity index (χ1) is 11.2. The number of hydrogen-bond acceptors (Lipinski definition) is 3. The number of para-hydroxylation sites is 1. The van der Waals surface area contributed by atoms with E-state index >= 15 is 0 Å². The molecule has 0 heterocycles. The first kappa shape index (κ1) is 16.9. The van der Waals surface area contributed by atoms with Crippen LogP contribution in [0.2, 0.25) is 0 Å². The van der Waals surface area contributed by atoms with Gasteiger partial charge in [-0.25, -0.2) is 0 Å². The van der Waals surface area contributed by atoms with E-state index < -0.39 is 0 Å². The molecule has 0 bridgehead atoms. The third kappa shape index (κ3) is 5.66. The molecule has 0 spiro atoms. The lowest BCUT2D eigenvalue weighted by Gasteiger charge is -2.11. The molecule has 0 saturated carbocycles. The second-order valence-corrected chi connectivity index (χ2v) is 5.26. The molecule has 0 aliphatic carbocycles. The molecule has 0 saturated heterocycles. The Morgan fingerprint density at radius 1 is 1.04 bits per heavy atom. The van der Waals surface area contributed by atoms with Crippen LogP contribution in [-0.4, -0.2) is 25.7 Å². The van der Waals surface area contributed by atoms with E-state index in [2.05, 4.69) is 12.2 Å². The molecule has 0 aliphatic rings. The predicted octanol–water partition coefficient (Wildman–Crippen LogP) is 3.13. The predicted molar refractivity (Wildman–Crippen MR) is 91.0 cm³/mol. The summed E-state index contributed by atoms with van der Waals surface area (Å²) in [6.07, 6.45) is 0.924. The van der Waals surface area contributed by atoms with E-state index in [-0.39, 0.29) is 12.5 Å². The Balaban J connectivity index is 1.66.